The number of hydrogen-bond donors (Lipinski definition) is 0. The molecule has 0 spiro atoms. The highest BCUT2D eigenvalue weighted by Gasteiger charge is 2.26. The van der Waals surface area contributed by atoms with Gasteiger partial charge in [-0.05, 0) is 25.2 Å². The average molecular weight is 167 g/mol. The summed E-state index contributed by atoms with van der Waals surface area (Å²) < 4.78 is 0. The smallest absolute Gasteiger partial charge is 0.0310 e. The van der Waals surface area contributed by atoms with E-state index in [0.717, 1.165) is 18.4 Å². The highest BCUT2D eigenvalue weighted by molar-refractivity contribution is 4.99. The summed E-state index contributed by atoms with van der Waals surface area (Å²) in [6, 6.07) is 0.762. The predicted octanol–water partition coefficient (Wildman–Crippen LogP) is 3.03. The van der Waals surface area contributed by atoms with Gasteiger partial charge in [0.25, 0.3) is 0 Å². The Hall–Kier alpha value is -0.460. The zero-order valence-corrected chi connectivity index (χ0v) is 8.64. The molecular formula is C11H21N. The molecule has 0 aromatic carbocycles. The first kappa shape index (κ1) is 9.63. The second-order valence-electron chi connectivity index (χ2n) is 4.07. The normalized spacial score (nSPS) is 23.7. The Kier molecular flexibility index (Phi) is 3.19. The minimum absolute atomic E-state index is 0.762. The van der Waals surface area contributed by atoms with Crippen LogP contribution in [0, 0.1) is 5.92 Å². The third-order valence-electron chi connectivity index (χ3n) is 2.88. The molecule has 0 radical (unpaired) electrons. The molecule has 1 saturated heterocycles. The molecule has 0 aromatic rings. The first-order valence-electron chi connectivity index (χ1n) is 5.11. The molecule has 0 bridgehead atoms. The van der Waals surface area contributed by atoms with E-state index < -0.39 is 0 Å². The topological polar surface area (TPSA) is 3.24 Å². The molecule has 0 aliphatic carbocycles. The van der Waals surface area contributed by atoms with Gasteiger partial charge in [0.15, 0.2) is 0 Å². The van der Waals surface area contributed by atoms with Crippen LogP contribution in [0.3, 0.4) is 0 Å². The maximum Gasteiger partial charge on any atom is 0.0310 e. The fourth-order valence-electron chi connectivity index (χ4n) is 2.08. The van der Waals surface area contributed by atoms with Crippen LogP contribution >= 0.6 is 0 Å². The molecule has 0 saturated carbocycles. The van der Waals surface area contributed by atoms with E-state index in [1.54, 1.807) is 0 Å². The van der Waals surface area contributed by atoms with Gasteiger partial charge >= 0.3 is 0 Å². The lowest BCUT2D eigenvalue weighted by atomic mass is 10.0. The average Bonchev–Trinajstić information content (AvgIpc) is 2.50. The zero-order valence-electron chi connectivity index (χ0n) is 8.64. The van der Waals surface area contributed by atoms with Crippen molar-refractivity contribution >= 4 is 0 Å². The van der Waals surface area contributed by atoms with Crippen LogP contribution in [0.5, 0.6) is 0 Å². The minimum atomic E-state index is 0.762. The van der Waals surface area contributed by atoms with E-state index in [9.17, 15) is 0 Å². The lowest BCUT2D eigenvalue weighted by Gasteiger charge is -2.30. The van der Waals surface area contributed by atoms with Crippen molar-refractivity contribution in [3.8, 4) is 0 Å². The molecule has 0 N–H and O–H groups in total. The molecule has 0 aromatic heterocycles. The monoisotopic (exact) mass is 167 g/mol. The van der Waals surface area contributed by atoms with Gasteiger partial charge < -0.3 is 4.90 Å². The van der Waals surface area contributed by atoms with Crippen LogP contribution in [0.4, 0.5) is 0 Å². The van der Waals surface area contributed by atoms with E-state index in [1.807, 2.05) is 0 Å². The van der Waals surface area contributed by atoms with Crippen molar-refractivity contribution in [1.82, 2.24) is 4.90 Å². The summed E-state index contributed by atoms with van der Waals surface area (Å²) in [6.07, 6.45) is 3.81. The SMILES string of the molecule is C=C(CC)N1CCCC1C(C)C. The Morgan fingerprint density at radius 2 is 2.25 bits per heavy atom. The molecule has 1 aliphatic rings. The number of allylic oxidation sites excluding steroid dienone is 1. The van der Waals surface area contributed by atoms with E-state index >= 15 is 0 Å². The van der Waals surface area contributed by atoms with Gasteiger partial charge in [-0.25, -0.2) is 0 Å². The molecule has 0 amide bonds. The summed E-state index contributed by atoms with van der Waals surface area (Å²) in [6.45, 7) is 12.2. The number of hydrogen-bond acceptors (Lipinski definition) is 1. The van der Waals surface area contributed by atoms with Crippen LogP contribution in [0.25, 0.3) is 0 Å². The molecular weight excluding hydrogens is 146 g/mol. The molecule has 1 nitrogen and oxygen atoms in total. The molecule has 1 rings (SSSR count). The highest BCUT2D eigenvalue weighted by atomic mass is 15.2. The lowest BCUT2D eigenvalue weighted by molar-refractivity contribution is 0.253. The van der Waals surface area contributed by atoms with Gasteiger partial charge in [-0.3, -0.25) is 0 Å². The van der Waals surface area contributed by atoms with E-state index in [-0.39, 0.29) is 0 Å². The molecule has 1 fully saturated rings. The predicted molar refractivity (Wildman–Crippen MR) is 54.0 cm³/mol. The molecule has 1 aliphatic heterocycles. The minimum Gasteiger partial charge on any atom is -0.372 e. The van der Waals surface area contributed by atoms with Crippen LogP contribution in [0.2, 0.25) is 0 Å². The molecule has 70 valence electrons. The molecule has 12 heavy (non-hydrogen) atoms. The Morgan fingerprint density at radius 3 is 2.75 bits per heavy atom. The molecule has 1 heteroatoms. The van der Waals surface area contributed by atoms with E-state index in [0.29, 0.717) is 0 Å². The van der Waals surface area contributed by atoms with Crippen molar-refractivity contribution in [1.29, 1.82) is 0 Å². The largest absolute Gasteiger partial charge is 0.372 e. The van der Waals surface area contributed by atoms with Crippen molar-refractivity contribution in [2.24, 2.45) is 5.92 Å². The maximum absolute atomic E-state index is 4.11. The third-order valence-corrected chi connectivity index (χ3v) is 2.88. The van der Waals surface area contributed by atoms with Crippen LogP contribution in [-0.4, -0.2) is 17.5 Å². The van der Waals surface area contributed by atoms with Gasteiger partial charge in [-0.2, -0.15) is 0 Å². The number of likely N-dealkylation sites (tertiary alicyclic amines) is 1. The maximum atomic E-state index is 4.11. The second-order valence-corrected chi connectivity index (χ2v) is 4.07. The Morgan fingerprint density at radius 1 is 1.58 bits per heavy atom. The lowest BCUT2D eigenvalue weighted by Crippen LogP contribution is -2.32. The molecule has 1 unspecified atom stereocenters. The summed E-state index contributed by atoms with van der Waals surface area (Å²) in [7, 11) is 0. The quantitative estimate of drug-likeness (QED) is 0.624. The first-order valence-corrected chi connectivity index (χ1v) is 5.11. The van der Waals surface area contributed by atoms with Gasteiger partial charge in [0, 0.05) is 18.3 Å². The van der Waals surface area contributed by atoms with E-state index in [1.165, 1.54) is 25.1 Å². The third kappa shape index (κ3) is 1.82. The summed E-state index contributed by atoms with van der Waals surface area (Å²) in [5.41, 5.74) is 1.33. The zero-order chi connectivity index (χ0) is 9.14. The van der Waals surface area contributed by atoms with Crippen molar-refractivity contribution in [3.63, 3.8) is 0 Å². The molecule has 1 heterocycles. The number of rotatable bonds is 3. The molecule has 1 atom stereocenters. The fraction of sp³-hybridized carbons (Fsp3) is 0.818. The van der Waals surface area contributed by atoms with E-state index in [2.05, 4.69) is 32.3 Å². The summed E-state index contributed by atoms with van der Waals surface area (Å²) >= 11 is 0. The fourth-order valence-corrected chi connectivity index (χ4v) is 2.08. The summed E-state index contributed by atoms with van der Waals surface area (Å²) in [5.74, 6) is 0.774. The van der Waals surface area contributed by atoms with Crippen LogP contribution in [0.15, 0.2) is 12.3 Å². The van der Waals surface area contributed by atoms with Gasteiger partial charge in [-0.15, -0.1) is 0 Å². The first-order chi connectivity index (χ1) is 5.66. The Balaban J connectivity index is 2.57. The van der Waals surface area contributed by atoms with Crippen molar-refractivity contribution in [2.75, 3.05) is 6.54 Å². The number of nitrogens with zero attached hydrogens (tertiary/aromatic N) is 1. The van der Waals surface area contributed by atoms with Crippen molar-refractivity contribution in [3.05, 3.63) is 12.3 Å². The Labute approximate surface area is 76.5 Å². The van der Waals surface area contributed by atoms with Crippen molar-refractivity contribution in [2.45, 2.75) is 46.1 Å². The van der Waals surface area contributed by atoms with E-state index in [4.69, 9.17) is 0 Å². The second kappa shape index (κ2) is 3.97. The Bertz CT molecular complexity index is 160. The van der Waals surface area contributed by atoms with Crippen LogP contribution in [0.1, 0.15) is 40.0 Å². The van der Waals surface area contributed by atoms with Crippen LogP contribution < -0.4 is 0 Å². The van der Waals surface area contributed by atoms with Gasteiger partial charge in [0.2, 0.25) is 0 Å². The standard InChI is InChI=1S/C11H21N/c1-5-10(4)12-8-6-7-11(12)9(2)3/h9,11H,4-8H2,1-3H3. The summed E-state index contributed by atoms with van der Waals surface area (Å²) in [4.78, 5) is 2.50. The van der Waals surface area contributed by atoms with Gasteiger partial charge in [0.05, 0.1) is 0 Å². The van der Waals surface area contributed by atoms with Gasteiger partial charge in [-0.1, -0.05) is 27.4 Å². The summed E-state index contributed by atoms with van der Waals surface area (Å²) in [5, 5.41) is 0. The van der Waals surface area contributed by atoms with Gasteiger partial charge in [0.1, 0.15) is 0 Å². The van der Waals surface area contributed by atoms with Crippen molar-refractivity contribution < 1.29 is 0 Å². The highest BCUT2D eigenvalue weighted by Crippen LogP contribution is 2.27. The van der Waals surface area contributed by atoms with Crippen LogP contribution in [-0.2, 0) is 0 Å².